The first-order valence-corrected chi connectivity index (χ1v) is 10.3. The summed E-state index contributed by atoms with van der Waals surface area (Å²) in [6.07, 6.45) is -1.02. The molecule has 1 amide bonds. The Kier molecular flexibility index (Phi) is 6.16. The van der Waals surface area contributed by atoms with Gasteiger partial charge in [0.1, 0.15) is 9.88 Å². The van der Waals surface area contributed by atoms with Crippen molar-refractivity contribution < 1.29 is 14.3 Å². The normalized spacial score (nSPS) is 11.9. The van der Waals surface area contributed by atoms with Gasteiger partial charge in [-0.1, -0.05) is 23.2 Å². The molecule has 0 aliphatic heterocycles. The van der Waals surface area contributed by atoms with Crippen LogP contribution in [-0.4, -0.2) is 23.0 Å². The Bertz CT molecular complexity index is 987. The minimum Gasteiger partial charge on any atom is -0.448 e. The zero-order valence-electron chi connectivity index (χ0n) is 14.3. The molecule has 5 nitrogen and oxygen atoms in total. The number of amides is 1. The van der Waals surface area contributed by atoms with E-state index in [2.05, 4.69) is 10.3 Å². The second kappa shape index (κ2) is 8.39. The number of hydrogen-bond donors (Lipinski definition) is 1. The molecule has 2 aromatic heterocycles. The summed E-state index contributed by atoms with van der Waals surface area (Å²) in [6, 6.07) is 6.64. The molecule has 3 rings (SSSR count). The van der Waals surface area contributed by atoms with Gasteiger partial charge in [-0.05, 0) is 43.5 Å². The molecule has 27 heavy (non-hydrogen) atoms. The first kappa shape index (κ1) is 19.8. The quantitative estimate of drug-likeness (QED) is 0.518. The van der Waals surface area contributed by atoms with Gasteiger partial charge in [-0.25, -0.2) is 9.78 Å². The Morgan fingerprint density at radius 3 is 2.74 bits per heavy atom. The van der Waals surface area contributed by atoms with Gasteiger partial charge in [0, 0.05) is 16.0 Å². The minimum atomic E-state index is -1.02. The largest absolute Gasteiger partial charge is 0.448 e. The molecular weight excluding hydrogens is 427 g/mol. The lowest BCUT2D eigenvalue weighted by atomic mass is 10.3. The summed E-state index contributed by atoms with van der Waals surface area (Å²) < 4.78 is 5.30. The van der Waals surface area contributed by atoms with Crippen LogP contribution in [0, 0.1) is 6.92 Å². The maximum Gasteiger partial charge on any atom is 0.351 e. The van der Waals surface area contributed by atoms with Crippen LogP contribution in [0.15, 0.2) is 35.0 Å². The van der Waals surface area contributed by atoms with E-state index < -0.39 is 18.0 Å². The third-order valence-electron chi connectivity index (χ3n) is 3.59. The highest BCUT2D eigenvalue weighted by molar-refractivity contribution is 7.17. The van der Waals surface area contributed by atoms with E-state index in [0.717, 1.165) is 10.6 Å². The van der Waals surface area contributed by atoms with Crippen molar-refractivity contribution in [1.29, 1.82) is 0 Å². The number of nitrogens with one attached hydrogen (secondary N) is 1. The van der Waals surface area contributed by atoms with Gasteiger partial charge in [0.05, 0.1) is 16.4 Å². The molecule has 9 heteroatoms. The third-order valence-corrected chi connectivity index (χ3v) is 6.02. The van der Waals surface area contributed by atoms with Gasteiger partial charge in [0.2, 0.25) is 0 Å². The topological polar surface area (TPSA) is 68.3 Å². The molecule has 0 fully saturated rings. The van der Waals surface area contributed by atoms with E-state index in [0.29, 0.717) is 26.3 Å². The zero-order valence-corrected chi connectivity index (χ0v) is 17.4. The first-order valence-electron chi connectivity index (χ1n) is 7.82. The molecule has 0 bridgehead atoms. The van der Waals surface area contributed by atoms with E-state index in [1.807, 2.05) is 16.8 Å². The van der Waals surface area contributed by atoms with Crippen molar-refractivity contribution in [1.82, 2.24) is 4.98 Å². The van der Waals surface area contributed by atoms with Crippen molar-refractivity contribution in [2.75, 3.05) is 5.32 Å². The monoisotopic (exact) mass is 440 g/mol. The maximum atomic E-state index is 12.5. The Balaban J connectivity index is 1.68. The average molecular weight is 441 g/mol. The van der Waals surface area contributed by atoms with Gasteiger partial charge >= 0.3 is 5.97 Å². The number of rotatable bonds is 5. The molecule has 1 atom stereocenters. The van der Waals surface area contributed by atoms with E-state index in [4.69, 9.17) is 27.9 Å². The van der Waals surface area contributed by atoms with Crippen molar-refractivity contribution >= 4 is 63.4 Å². The summed E-state index contributed by atoms with van der Waals surface area (Å²) in [6.45, 7) is 3.22. The van der Waals surface area contributed by atoms with E-state index in [1.165, 1.54) is 24.3 Å². The minimum absolute atomic E-state index is 0.338. The van der Waals surface area contributed by atoms with E-state index in [-0.39, 0.29) is 0 Å². The number of esters is 1. The van der Waals surface area contributed by atoms with Gasteiger partial charge in [0.25, 0.3) is 5.91 Å². The number of carbonyl (C=O) groups excluding carboxylic acids is 2. The fourth-order valence-corrected chi connectivity index (χ4v) is 4.19. The Labute approximate surface area is 173 Å². The highest BCUT2D eigenvalue weighted by Gasteiger charge is 2.23. The van der Waals surface area contributed by atoms with Crippen LogP contribution in [0.5, 0.6) is 0 Å². The highest BCUT2D eigenvalue weighted by atomic mass is 35.5. The Morgan fingerprint density at radius 1 is 1.26 bits per heavy atom. The molecule has 1 aromatic carbocycles. The molecule has 3 aromatic rings. The van der Waals surface area contributed by atoms with Crippen LogP contribution in [-0.2, 0) is 9.53 Å². The lowest BCUT2D eigenvalue weighted by molar-refractivity contribution is -0.123. The molecule has 2 heterocycles. The number of aromatic nitrogens is 1. The van der Waals surface area contributed by atoms with Gasteiger partial charge < -0.3 is 10.1 Å². The Morgan fingerprint density at radius 2 is 2.04 bits per heavy atom. The molecular formula is C18H14Cl2N2O3S2. The number of ether oxygens (including phenoxy) is 1. The van der Waals surface area contributed by atoms with Crippen LogP contribution < -0.4 is 5.32 Å². The van der Waals surface area contributed by atoms with Gasteiger partial charge in [-0.15, -0.1) is 11.3 Å². The van der Waals surface area contributed by atoms with E-state index in [1.54, 1.807) is 30.4 Å². The average Bonchev–Trinajstić information content (AvgIpc) is 3.27. The van der Waals surface area contributed by atoms with Crippen LogP contribution in [0.25, 0.3) is 10.6 Å². The van der Waals surface area contributed by atoms with Crippen LogP contribution in [0.1, 0.15) is 22.3 Å². The van der Waals surface area contributed by atoms with E-state index in [9.17, 15) is 9.59 Å². The number of nitrogens with zero attached hydrogens (tertiary/aromatic N) is 1. The van der Waals surface area contributed by atoms with E-state index >= 15 is 0 Å². The first-order chi connectivity index (χ1) is 12.8. The summed E-state index contributed by atoms with van der Waals surface area (Å²) in [5.74, 6) is -1.10. The number of thiazole rings is 1. The van der Waals surface area contributed by atoms with Crippen molar-refractivity contribution in [3.8, 4) is 10.6 Å². The van der Waals surface area contributed by atoms with Crippen molar-refractivity contribution in [2.45, 2.75) is 20.0 Å². The second-order valence-corrected chi connectivity index (χ2v) is 8.23. The number of carbonyl (C=O) groups is 2. The SMILES string of the molecule is Cc1nc(-c2ccsc2)sc1C(=O)OC(C)C(=O)Nc1cc(Cl)ccc1Cl. The summed E-state index contributed by atoms with van der Waals surface area (Å²) in [4.78, 5) is 29.6. The van der Waals surface area contributed by atoms with Gasteiger partial charge in [-0.2, -0.15) is 11.3 Å². The number of benzene rings is 1. The number of aryl methyl sites for hydroxylation is 1. The lowest BCUT2D eigenvalue weighted by Crippen LogP contribution is -2.30. The molecule has 0 aliphatic rings. The predicted octanol–water partition coefficient (Wildman–Crippen LogP) is 5.67. The number of anilines is 1. The van der Waals surface area contributed by atoms with Crippen LogP contribution in [0.4, 0.5) is 5.69 Å². The van der Waals surface area contributed by atoms with Gasteiger partial charge in [-0.3, -0.25) is 4.79 Å². The zero-order chi connectivity index (χ0) is 19.6. The number of thiophene rings is 1. The molecule has 140 valence electrons. The van der Waals surface area contributed by atoms with Crippen LogP contribution in [0.3, 0.4) is 0 Å². The standard InChI is InChI=1S/C18H14Cl2N2O3S2/c1-9-15(27-17(21-9)11-5-6-26-8-11)18(24)25-10(2)16(23)22-14-7-12(19)3-4-13(14)20/h3-8,10H,1-2H3,(H,22,23). The van der Waals surface area contributed by atoms with Crippen molar-refractivity contribution in [3.63, 3.8) is 0 Å². The molecule has 0 radical (unpaired) electrons. The molecule has 0 saturated heterocycles. The molecule has 1 unspecified atom stereocenters. The predicted molar refractivity (Wildman–Crippen MR) is 110 cm³/mol. The molecule has 0 saturated carbocycles. The molecule has 0 aliphatic carbocycles. The van der Waals surface area contributed by atoms with Gasteiger partial charge in [0.15, 0.2) is 6.10 Å². The molecule has 0 spiro atoms. The highest BCUT2D eigenvalue weighted by Crippen LogP contribution is 2.30. The Hall–Kier alpha value is -1.93. The molecule has 1 N–H and O–H groups in total. The second-order valence-electron chi connectivity index (χ2n) is 5.61. The summed E-state index contributed by atoms with van der Waals surface area (Å²) in [5.41, 5.74) is 1.87. The summed E-state index contributed by atoms with van der Waals surface area (Å²) in [7, 11) is 0. The summed E-state index contributed by atoms with van der Waals surface area (Å²) in [5, 5.41) is 8.01. The smallest absolute Gasteiger partial charge is 0.351 e. The fraction of sp³-hybridized carbons (Fsp3) is 0.167. The van der Waals surface area contributed by atoms with Crippen molar-refractivity contribution in [2.24, 2.45) is 0 Å². The van der Waals surface area contributed by atoms with Crippen LogP contribution in [0.2, 0.25) is 10.0 Å². The summed E-state index contributed by atoms with van der Waals surface area (Å²) >= 11 is 14.7. The van der Waals surface area contributed by atoms with Crippen LogP contribution >= 0.6 is 45.9 Å². The lowest BCUT2D eigenvalue weighted by Gasteiger charge is -2.14. The fourth-order valence-electron chi connectivity index (χ4n) is 2.19. The number of hydrogen-bond acceptors (Lipinski definition) is 6. The maximum absolute atomic E-state index is 12.5. The van der Waals surface area contributed by atoms with Crippen molar-refractivity contribution in [3.05, 3.63) is 55.6 Å². The third kappa shape index (κ3) is 4.68. The number of halogens is 2.